The summed E-state index contributed by atoms with van der Waals surface area (Å²) in [6.45, 7) is 0.269. The first-order chi connectivity index (χ1) is 9.38. The number of halogens is 1. The van der Waals surface area contributed by atoms with Crippen molar-refractivity contribution in [3.05, 3.63) is 29.6 Å². The number of amides is 2. The van der Waals surface area contributed by atoms with Crippen molar-refractivity contribution in [2.45, 2.75) is 6.42 Å². The highest BCUT2D eigenvalue weighted by molar-refractivity contribution is 5.98. The molecule has 1 fully saturated rings. The molecule has 1 aliphatic rings. The molecule has 1 unspecified atom stereocenters. The van der Waals surface area contributed by atoms with Crippen LogP contribution >= 0.6 is 0 Å². The van der Waals surface area contributed by atoms with Crippen molar-refractivity contribution in [1.82, 2.24) is 4.90 Å². The molecular weight excluding hydrogens is 267 g/mol. The molecule has 106 valence electrons. The van der Waals surface area contributed by atoms with Gasteiger partial charge >= 0.3 is 5.97 Å². The Labute approximate surface area is 114 Å². The van der Waals surface area contributed by atoms with Gasteiger partial charge in [-0.05, 0) is 18.2 Å². The summed E-state index contributed by atoms with van der Waals surface area (Å²) in [7, 11) is 1.58. The number of carboxylic acids is 1. The van der Waals surface area contributed by atoms with E-state index in [0.29, 0.717) is 0 Å². The molecule has 0 bridgehead atoms. The molecule has 20 heavy (non-hydrogen) atoms. The second-order valence-corrected chi connectivity index (χ2v) is 4.66. The molecule has 2 rings (SSSR count). The average Bonchev–Trinajstić information content (AvgIpc) is 2.72. The van der Waals surface area contributed by atoms with Gasteiger partial charge in [0, 0.05) is 20.0 Å². The predicted octanol–water partition coefficient (Wildman–Crippen LogP) is 0.941. The van der Waals surface area contributed by atoms with Gasteiger partial charge in [-0.1, -0.05) is 0 Å². The van der Waals surface area contributed by atoms with Crippen LogP contribution in [-0.4, -0.2) is 41.4 Å². The molecule has 1 saturated heterocycles. The molecule has 0 aromatic heterocycles. The van der Waals surface area contributed by atoms with Crippen LogP contribution in [-0.2, 0) is 9.59 Å². The maximum atomic E-state index is 13.5. The van der Waals surface area contributed by atoms with Crippen LogP contribution in [0.3, 0.4) is 0 Å². The first kappa shape index (κ1) is 14.0. The first-order valence-corrected chi connectivity index (χ1v) is 5.96. The van der Waals surface area contributed by atoms with E-state index in [4.69, 9.17) is 5.11 Å². The number of nitrogens with one attached hydrogen (secondary N) is 1. The normalized spacial score (nSPS) is 18.2. The average molecular weight is 280 g/mol. The summed E-state index contributed by atoms with van der Waals surface area (Å²) in [5.41, 5.74) is -0.321. The Bertz CT molecular complexity index is 588. The number of benzene rings is 1. The van der Waals surface area contributed by atoms with Crippen LogP contribution in [0.2, 0.25) is 0 Å². The van der Waals surface area contributed by atoms with Gasteiger partial charge in [-0.25, -0.2) is 9.18 Å². The number of aromatic carboxylic acids is 1. The predicted molar refractivity (Wildman–Crippen MR) is 67.7 cm³/mol. The van der Waals surface area contributed by atoms with Gasteiger partial charge in [0.1, 0.15) is 5.82 Å². The first-order valence-electron chi connectivity index (χ1n) is 5.96. The Morgan fingerprint density at radius 3 is 2.70 bits per heavy atom. The van der Waals surface area contributed by atoms with Crippen LogP contribution in [0.5, 0.6) is 0 Å². The van der Waals surface area contributed by atoms with E-state index in [1.807, 2.05) is 0 Å². The largest absolute Gasteiger partial charge is 0.478 e. The van der Waals surface area contributed by atoms with E-state index in [1.54, 1.807) is 7.05 Å². The van der Waals surface area contributed by atoms with Crippen LogP contribution in [0.15, 0.2) is 18.2 Å². The van der Waals surface area contributed by atoms with Crippen LogP contribution in [0.25, 0.3) is 0 Å². The summed E-state index contributed by atoms with van der Waals surface area (Å²) >= 11 is 0. The number of carbonyl (C=O) groups is 3. The van der Waals surface area contributed by atoms with Crippen molar-refractivity contribution in [2.75, 3.05) is 18.9 Å². The summed E-state index contributed by atoms with van der Waals surface area (Å²) in [4.78, 5) is 35.5. The van der Waals surface area contributed by atoms with Crippen molar-refractivity contribution in [3.63, 3.8) is 0 Å². The number of nitrogens with zero attached hydrogens (tertiary/aromatic N) is 1. The highest BCUT2D eigenvalue weighted by Gasteiger charge is 2.32. The fraction of sp³-hybridized carbons (Fsp3) is 0.308. The molecule has 7 heteroatoms. The molecule has 0 saturated carbocycles. The van der Waals surface area contributed by atoms with Gasteiger partial charge in [-0.3, -0.25) is 9.59 Å². The van der Waals surface area contributed by atoms with E-state index >= 15 is 0 Å². The second-order valence-electron chi connectivity index (χ2n) is 4.66. The van der Waals surface area contributed by atoms with Crippen LogP contribution in [0.4, 0.5) is 10.1 Å². The lowest BCUT2D eigenvalue weighted by Gasteiger charge is -2.12. The third-order valence-corrected chi connectivity index (χ3v) is 3.18. The quantitative estimate of drug-likeness (QED) is 0.862. The molecule has 2 amide bonds. The van der Waals surface area contributed by atoms with Crippen LogP contribution in [0.1, 0.15) is 16.8 Å². The summed E-state index contributed by atoms with van der Waals surface area (Å²) in [6.07, 6.45) is 0.0720. The van der Waals surface area contributed by atoms with E-state index in [-0.39, 0.29) is 30.1 Å². The van der Waals surface area contributed by atoms with Crippen LogP contribution in [0, 0.1) is 11.7 Å². The van der Waals surface area contributed by atoms with E-state index in [2.05, 4.69) is 5.32 Å². The fourth-order valence-corrected chi connectivity index (χ4v) is 2.03. The maximum absolute atomic E-state index is 13.5. The summed E-state index contributed by atoms with van der Waals surface area (Å²) in [5.74, 6) is -3.13. The smallest absolute Gasteiger partial charge is 0.335 e. The molecule has 1 heterocycles. The third-order valence-electron chi connectivity index (χ3n) is 3.18. The maximum Gasteiger partial charge on any atom is 0.335 e. The lowest BCUT2D eigenvalue weighted by atomic mass is 10.1. The zero-order valence-electron chi connectivity index (χ0n) is 10.7. The van der Waals surface area contributed by atoms with Crippen molar-refractivity contribution in [1.29, 1.82) is 0 Å². The standard InChI is InChI=1S/C13H13FN2O4/c1-16-6-8(5-11(16)17)12(18)15-10-4-7(13(19)20)2-3-9(10)14/h2-4,8H,5-6H2,1H3,(H,15,18)(H,19,20). The Morgan fingerprint density at radius 2 is 2.15 bits per heavy atom. The molecular formula is C13H13FN2O4. The molecule has 2 N–H and O–H groups in total. The molecule has 0 spiro atoms. The molecule has 1 aliphatic heterocycles. The Balaban J connectivity index is 2.14. The monoisotopic (exact) mass is 280 g/mol. The fourth-order valence-electron chi connectivity index (χ4n) is 2.03. The number of anilines is 1. The number of hydrogen-bond acceptors (Lipinski definition) is 3. The van der Waals surface area contributed by atoms with Gasteiger partial charge in [-0.15, -0.1) is 0 Å². The Kier molecular flexibility index (Phi) is 3.69. The number of hydrogen-bond donors (Lipinski definition) is 2. The van der Waals surface area contributed by atoms with E-state index in [0.717, 1.165) is 18.2 Å². The Hall–Kier alpha value is -2.44. The summed E-state index contributed by atoms with van der Waals surface area (Å²) in [5, 5.41) is 11.2. The van der Waals surface area contributed by atoms with E-state index in [1.165, 1.54) is 4.90 Å². The number of carbonyl (C=O) groups excluding carboxylic acids is 2. The minimum atomic E-state index is -1.21. The van der Waals surface area contributed by atoms with Gasteiger partial charge in [0.15, 0.2) is 0 Å². The second kappa shape index (κ2) is 5.28. The topological polar surface area (TPSA) is 86.7 Å². The van der Waals surface area contributed by atoms with Gasteiger partial charge in [-0.2, -0.15) is 0 Å². The third kappa shape index (κ3) is 2.76. The van der Waals surface area contributed by atoms with Gasteiger partial charge in [0.25, 0.3) is 0 Å². The molecule has 0 aliphatic carbocycles. The van der Waals surface area contributed by atoms with Gasteiger partial charge in [0.2, 0.25) is 11.8 Å². The molecule has 1 aromatic rings. The number of carboxylic acid groups (broad SMARTS) is 1. The minimum absolute atomic E-state index is 0.0720. The number of rotatable bonds is 3. The van der Waals surface area contributed by atoms with E-state index < -0.39 is 23.6 Å². The Morgan fingerprint density at radius 1 is 1.45 bits per heavy atom. The number of likely N-dealkylation sites (tertiary alicyclic amines) is 1. The molecule has 0 radical (unpaired) electrons. The van der Waals surface area contributed by atoms with Gasteiger partial charge < -0.3 is 15.3 Å². The summed E-state index contributed by atoms with van der Waals surface area (Å²) in [6, 6.07) is 3.14. The zero-order valence-corrected chi connectivity index (χ0v) is 10.7. The zero-order chi connectivity index (χ0) is 14.9. The van der Waals surface area contributed by atoms with Crippen LogP contribution < -0.4 is 5.32 Å². The van der Waals surface area contributed by atoms with Crippen molar-refractivity contribution < 1.29 is 23.9 Å². The van der Waals surface area contributed by atoms with Gasteiger partial charge in [0.05, 0.1) is 17.2 Å². The molecule has 1 aromatic carbocycles. The molecule has 6 nitrogen and oxygen atoms in total. The molecule has 1 atom stereocenters. The van der Waals surface area contributed by atoms with Crippen molar-refractivity contribution in [3.8, 4) is 0 Å². The highest BCUT2D eigenvalue weighted by atomic mass is 19.1. The van der Waals surface area contributed by atoms with Crippen molar-refractivity contribution >= 4 is 23.5 Å². The summed E-state index contributed by atoms with van der Waals surface area (Å²) < 4.78 is 13.5. The minimum Gasteiger partial charge on any atom is -0.478 e. The highest BCUT2D eigenvalue weighted by Crippen LogP contribution is 2.21. The lowest BCUT2D eigenvalue weighted by Crippen LogP contribution is -2.26. The lowest BCUT2D eigenvalue weighted by molar-refractivity contribution is -0.127. The van der Waals surface area contributed by atoms with E-state index in [9.17, 15) is 18.8 Å². The van der Waals surface area contributed by atoms with Crippen molar-refractivity contribution in [2.24, 2.45) is 5.92 Å². The SMILES string of the molecule is CN1CC(C(=O)Nc2cc(C(=O)O)ccc2F)CC1=O.